The lowest BCUT2D eigenvalue weighted by Crippen LogP contribution is -2.56. The Labute approximate surface area is 128 Å². The Balaban J connectivity index is 1.87. The molecule has 3 nitrogen and oxygen atoms in total. The van der Waals surface area contributed by atoms with E-state index in [1.807, 2.05) is 0 Å². The Kier molecular flexibility index (Phi) is 3.46. The first kappa shape index (κ1) is 14.4. The van der Waals surface area contributed by atoms with Crippen LogP contribution in [-0.2, 0) is 6.54 Å². The molecule has 1 saturated carbocycles. The molecular formula is C18H27N3. The minimum absolute atomic E-state index is 0.126. The molecule has 1 heterocycles. The van der Waals surface area contributed by atoms with E-state index < -0.39 is 0 Å². The van der Waals surface area contributed by atoms with Crippen molar-refractivity contribution in [3.05, 3.63) is 35.9 Å². The lowest BCUT2D eigenvalue weighted by atomic mass is 9.64. The molecule has 0 radical (unpaired) electrons. The highest BCUT2D eigenvalue weighted by Gasteiger charge is 2.49. The molecule has 21 heavy (non-hydrogen) atoms. The lowest BCUT2D eigenvalue weighted by molar-refractivity contribution is 0.0345. The number of hydrogen-bond donors (Lipinski definition) is 1. The highest BCUT2D eigenvalue weighted by molar-refractivity contribution is 5.81. The van der Waals surface area contributed by atoms with Gasteiger partial charge in [-0.05, 0) is 36.2 Å². The zero-order valence-electron chi connectivity index (χ0n) is 13.5. The minimum Gasteiger partial charge on any atom is -0.370 e. The summed E-state index contributed by atoms with van der Waals surface area (Å²) in [6, 6.07) is 10.6. The average Bonchev–Trinajstić information content (AvgIpc) is 2.66. The number of nitrogens with zero attached hydrogens (tertiary/aromatic N) is 2. The fraction of sp³-hybridized carbons (Fsp3) is 0.611. The SMILES string of the molecule is CC1CC(C)(C)CC2(CN=C(N)N2Cc2ccccc2)C1. The Morgan fingerprint density at radius 3 is 2.62 bits per heavy atom. The molecule has 1 spiro atoms. The highest BCUT2D eigenvalue weighted by atomic mass is 15.4. The van der Waals surface area contributed by atoms with E-state index in [-0.39, 0.29) is 5.54 Å². The summed E-state index contributed by atoms with van der Waals surface area (Å²) < 4.78 is 0. The van der Waals surface area contributed by atoms with Crippen molar-refractivity contribution in [2.45, 2.75) is 52.1 Å². The summed E-state index contributed by atoms with van der Waals surface area (Å²) in [5, 5.41) is 0. The number of benzene rings is 1. The summed E-state index contributed by atoms with van der Waals surface area (Å²) in [4.78, 5) is 6.99. The van der Waals surface area contributed by atoms with Gasteiger partial charge in [-0.25, -0.2) is 0 Å². The van der Waals surface area contributed by atoms with Gasteiger partial charge in [0.2, 0.25) is 0 Å². The van der Waals surface area contributed by atoms with Crippen molar-refractivity contribution in [3.8, 4) is 0 Å². The molecule has 0 bridgehead atoms. The maximum Gasteiger partial charge on any atom is 0.192 e. The van der Waals surface area contributed by atoms with Crippen LogP contribution in [0.1, 0.15) is 45.6 Å². The molecule has 0 saturated heterocycles. The van der Waals surface area contributed by atoms with Crippen molar-refractivity contribution >= 4 is 5.96 Å². The molecule has 1 aromatic carbocycles. The maximum absolute atomic E-state index is 6.24. The molecule has 2 N–H and O–H groups in total. The number of guanidine groups is 1. The van der Waals surface area contributed by atoms with Gasteiger partial charge in [0.1, 0.15) is 0 Å². The first-order valence-corrected chi connectivity index (χ1v) is 8.02. The summed E-state index contributed by atoms with van der Waals surface area (Å²) >= 11 is 0. The topological polar surface area (TPSA) is 41.6 Å². The number of hydrogen-bond acceptors (Lipinski definition) is 3. The van der Waals surface area contributed by atoms with Crippen molar-refractivity contribution < 1.29 is 0 Å². The third-order valence-corrected chi connectivity index (χ3v) is 5.01. The molecule has 3 rings (SSSR count). The molecule has 0 amide bonds. The second-order valence-electron chi connectivity index (χ2n) is 7.82. The Bertz CT molecular complexity index is 535. The largest absolute Gasteiger partial charge is 0.370 e. The van der Waals surface area contributed by atoms with Crippen molar-refractivity contribution in [2.24, 2.45) is 22.1 Å². The smallest absolute Gasteiger partial charge is 0.192 e. The van der Waals surface area contributed by atoms with E-state index in [1.165, 1.54) is 24.8 Å². The van der Waals surface area contributed by atoms with E-state index in [9.17, 15) is 0 Å². The van der Waals surface area contributed by atoms with Crippen LogP contribution < -0.4 is 5.73 Å². The molecular weight excluding hydrogens is 258 g/mol. The summed E-state index contributed by atoms with van der Waals surface area (Å²) in [7, 11) is 0. The van der Waals surface area contributed by atoms with Crippen molar-refractivity contribution in [2.75, 3.05) is 6.54 Å². The summed E-state index contributed by atoms with van der Waals surface area (Å²) in [6.45, 7) is 8.88. The van der Waals surface area contributed by atoms with Crippen LogP contribution in [-0.4, -0.2) is 22.9 Å². The highest BCUT2D eigenvalue weighted by Crippen LogP contribution is 2.48. The van der Waals surface area contributed by atoms with Crippen molar-refractivity contribution in [1.29, 1.82) is 0 Å². The van der Waals surface area contributed by atoms with Gasteiger partial charge >= 0.3 is 0 Å². The third kappa shape index (κ3) is 2.78. The monoisotopic (exact) mass is 285 g/mol. The first-order valence-electron chi connectivity index (χ1n) is 8.02. The Morgan fingerprint density at radius 1 is 1.24 bits per heavy atom. The van der Waals surface area contributed by atoms with Gasteiger partial charge in [0.25, 0.3) is 0 Å². The zero-order chi connectivity index (χ0) is 15.1. The van der Waals surface area contributed by atoms with Crippen LogP contribution in [0.5, 0.6) is 0 Å². The minimum atomic E-state index is 0.126. The Hall–Kier alpha value is -1.51. The fourth-order valence-corrected chi connectivity index (χ4v) is 4.68. The van der Waals surface area contributed by atoms with E-state index in [2.05, 4.69) is 61.0 Å². The number of rotatable bonds is 2. The quantitative estimate of drug-likeness (QED) is 0.905. The van der Waals surface area contributed by atoms with Gasteiger partial charge in [0, 0.05) is 6.54 Å². The fourth-order valence-electron chi connectivity index (χ4n) is 4.68. The molecule has 0 aromatic heterocycles. The van der Waals surface area contributed by atoms with Gasteiger partial charge in [-0.15, -0.1) is 0 Å². The summed E-state index contributed by atoms with van der Waals surface area (Å²) in [6.07, 6.45) is 3.68. The van der Waals surface area contributed by atoms with Gasteiger partial charge in [-0.2, -0.15) is 0 Å². The summed E-state index contributed by atoms with van der Waals surface area (Å²) in [5.74, 6) is 1.46. The van der Waals surface area contributed by atoms with Gasteiger partial charge < -0.3 is 10.6 Å². The van der Waals surface area contributed by atoms with E-state index in [4.69, 9.17) is 5.73 Å². The van der Waals surface area contributed by atoms with Crippen LogP contribution in [0.25, 0.3) is 0 Å². The molecule has 1 aliphatic heterocycles. The zero-order valence-corrected chi connectivity index (χ0v) is 13.5. The number of aliphatic imine (C=N–C) groups is 1. The van der Waals surface area contributed by atoms with Crippen LogP contribution in [0.4, 0.5) is 0 Å². The number of nitrogens with two attached hydrogens (primary N) is 1. The predicted molar refractivity (Wildman–Crippen MR) is 88.0 cm³/mol. The first-order chi connectivity index (χ1) is 9.90. The van der Waals surface area contributed by atoms with E-state index in [0.717, 1.165) is 25.0 Å². The van der Waals surface area contributed by atoms with Gasteiger partial charge in [0.05, 0.1) is 12.1 Å². The standard InChI is InChI=1S/C18H27N3/c1-14-9-17(2,3)12-18(10-14)13-20-16(19)21(18)11-15-7-5-4-6-8-15/h4-8,14H,9-13H2,1-3H3,(H2,19,20). The van der Waals surface area contributed by atoms with Gasteiger partial charge in [0.15, 0.2) is 5.96 Å². The maximum atomic E-state index is 6.24. The van der Waals surface area contributed by atoms with Crippen LogP contribution in [0, 0.1) is 11.3 Å². The molecule has 2 atom stereocenters. The van der Waals surface area contributed by atoms with Crippen LogP contribution in [0.15, 0.2) is 35.3 Å². The predicted octanol–water partition coefficient (Wildman–Crippen LogP) is 3.40. The van der Waals surface area contributed by atoms with Crippen molar-refractivity contribution in [3.63, 3.8) is 0 Å². The normalized spacial score (nSPS) is 31.5. The second kappa shape index (κ2) is 5.04. The van der Waals surface area contributed by atoms with E-state index in [0.29, 0.717) is 5.41 Å². The van der Waals surface area contributed by atoms with Crippen LogP contribution >= 0.6 is 0 Å². The van der Waals surface area contributed by atoms with Crippen LogP contribution in [0.2, 0.25) is 0 Å². The van der Waals surface area contributed by atoms with Gasteiger partial charge in [-0.3, -0.25) is 4.99 Å². The molecule has 2 aliphatic rings. The lowest BCUT2D eigenvalue weighted by Gasteiger charge is -2.50. The summed E-state index contributed by atoms with van der Waals surface area (Å²) in [5.41, 5.74) is 8.05. The van der Waals surface area contributed by atoms with Crippen molar-refractivity contribution in [1.82, 2.24) is 4.90 Å². The molecule has 3 heteroatoms. The Morgan fingerprint density at radius 2 is 1.95 bits per heavy atom. The van der Waals surface area contributed by atoms with E-state index >= 15 is 0 Å². The second-order valence-corrected chi connectivity index (χ2v) is 7.82. The van der Waals surface area contributed by atoms with Gasteiger partial charge in [-0.1, -0.05) is 51.1 Å². The van der Waals surface area contributed by atoms with E-state index in [1.54, 1.807) is 0 Å². The molecule has 2 unspecified atom stereocenters. The molecule has 1 fully saturated rings. The molecule has 1 aromatic rings. The molecule has 1 aliphatic carbocycles. The third-order valence-electron chi connectivity index (χ3n) is 5.01. The molecule has 114 valence electrons. The average molecular weight is 285 g/mol. The van der Waals surface area contributed by atoms with Crippen LogP contribution in [0.3, 0.4) is 0 Å².